The van der Waals surface area contributed by atoms with Gasteiger partial charge < -0.3 is 11.1 Å². The van der Waals surface area contributed by atoms with E-state index >= 15 is 0 Å². The van der Waals surface area contributed by atoms with Crippen molar-refractivity contribution in [3.05, 3.63) is 58.4 Å². The number of alkyl halides is 3. The summed E-state index contributed by atoms with van der Waals surface area (Å²) in [4.78, 5) is 30.2. The lowest BCUT2D eigenvalue weighted by Gasteiger charge is -2.23. The van der Waals surface area contributed by atoms with Crippen LogP contribution in [0.2, 0.25) is 5.02 Å². The number of rotatable bonds is 5. The molecule has 1 atom stereocenters. The molecule has 0 saturated heterocycles. The molecule has 14 heteroatoms. The Morgan fingerprint density at radius 2 is 2.00 bits per heavy atom. The summed E-state index contributed by atoms with van der Waals surface area (Å²) in [7, 11) is 0. The zero-order chi connectivity index (χ0) is 25.8. The van der Waals surface area contributed by atoms with Crippen molar-refractivity contribution in [2.75, 3.05) is 11.1 Å². The number of fused-ring (bicyclic) bond motifs is 2. The van der Waals surface area contributed by atoms with Gasteiger partial charge in [-0.1, -0.05) is 17.7 Å². The maximum absolute atomic E-state index is 14.2. The molecule has 0 radical (unpaired) electrons. The van der Waals surface area contributed by atoms with Crippen LogP contribution in [0, 0.1) is 5.82 Å². The van der Waals surface area contributed by atoms with Gasteiger partial charge >= 0.3 is 6.18 Å². The molecule has 0 aliphatic carbocycles. The number of nitrogens with zero attached hydrogens (tertiary/aromatic N) is 6. The monoisotopic (exact) mass is 520 g/mol. The maximum Gasteiger partial charge on any atom is 0.389 e. The molecule has 5 rings (SSSR count). The van der Waals surface area contributed by atoms with Gasteiger partial charge in [-0.3, -0.25) is 4.79 Å². The molecule has 1 aliphatic heterocycles. The predicted molar refractivity (Wildman–Crippen MR) is 122 cm³/mol. The summed E-state index contributed by atoms with van der Waals surface area (Å²) >= 11 is 5.79. The SMILES string of the molecule is CC1(c2ccc(Cl)c(F)c2)C(=O)Nc2nc(-c3cn4ncnc4c(CCCC(F)(F)F)n3)nc(N)c21. The van der Waals surface area contributed by atoms with E-state index in [2.05, 4.69) is 30.4 Å². The van der Waals surface area contributed by atoms with E-state index in [1.165, 1.54) is 29.2 Å². The number of carbonyl (C=O) groups is 1. The number of aryl methyl sites for hydroxylation is 1. The van der Waals surface area contributed by atoms with Crippen LogP contribution in [-0.4, -0.2) is 41.6 Å². The Labute approximate surface area is 205 Å². The lowest BCUT2D eigenvalue weighted by atomic mass is 9.77. The van der Waals surface area contributed by atoms with Gasteiger partial charge in [-0.15, -0.1) is 0 Å². The van der Waals surface area contributed by atoms with E-state index < -0.39 is 29.7 Å². The lowest BCUT2D eigenvalue weighted by Crippen LogP contribution is -2.33. The molecule has 4 aromatic rings. The van der Waals surface area contributed by atoms with Crippen molar-refractivity contribution >= 4 is 34.8 Å². The topological polar surface area (TPSA) is 124 Å². The van der Waals surface area contributed by atoms with Gasteiger partial charge in [0, 0.05) is 6.42 Å². The Hall–Kier alpha value is -3.87. The highest BCUT2D eigenvalue weighted by Gasteiger charge is 2.48. The zero-order valence-electron chi connectivity index (χ0n) is 18.6. The standard InChI is InChI=1S/C22H17ClF4N8O/c1-21(10-4-5-11(23)12(24)7-10)15-16(28)32-17(33-18(15)34-20(21)36)14-8-35-19(29-9-30-35)13(31-14)3-2-6-22(25,26)27/h4-5,7-9H,2-3,6H2,1H3,(H3,28,32,33,34,36). The summed E-state index contributed by atoms with van der Waals surface area (Å²) in [5, 5.41) is 6.61. The van der Waals surface area contributed by atoms with Gasteiger partial charge in [0.05, 0.1) is 22.5 Å². The maximum atomic E-state index is 14.2. The number of amides is 1. The first kappa shape index (κ1) is 23.9. The summed E-state index contributed by atoms with van der Waals surface area (Å²) in [6.45, 7) is 1.56. The van der Waals surface area contributed by atoms with Crippen LogP contribution in [0.1, 0.15) is 36.6 Å². The second-order valence-corrected chi connectivity index (χ2v) is 8.84. The molecule has 1 aliphatic rings. The summed E-state index contributed by atoms with van der Waals surface area (Å²) < 4.78 is 53.4. The Bertz CT molecular complexity index is 1520. The first-order valence-electron chi connectivity index (χ1n) is 10.7. The van der Waals surface area contributed by atoms with Crippen LogP contribution < -0.4 is 11.1 Å². The molecule has 1 aromatic carbocycles. The average molecular weight is 521 g/mol. The predicted octanol–water partition coefficient (Wildman–Crippen LogP) is 4.10. The third kappa shape index (κ3) is 3.98. The summed E-state index contributed by atoms with van der Waals surface area (Å²) in [5.74, 6) is -1.11. The van der Waals surface area contributed by atoms with E-state index in [-0.39, 0.29) is 52.3 Å². The van der Waals surface area contributed by atoms with E-state index in [1.54, 1.807) is 6.92 Å². The van der Waals surface area contributed by atoms with E-state index in [0.29, 0.717) is 11.2 Å². The average Bonchev–Trinajstić information content (AvgIpc) is 3.37. The van der Waals surface area contributed by atoms with Crippen LogP contribution in [0.5, 0.6) is 0 Å². The molecule has 1 unspecified atom stereocenters. The van der Waals surface area contributed by atoms with Gasteiger partial charge in [0.25, 0.3) is 0 Å². The lowest BCUT2D eigenvalue weighted by molar-refractivity contribution is -0.135. The molecular weight excluding hydrogens is 504 g/mol. The van der Waals surface area contributed by atoms with E-state index in [9.17, 15) is 22.4 Å². The fourth-order valence-electron chi connectivity index (χ4n) is 4.23. The molecule has 0 saturated carbocycles. The molecule has 3 aromatic heterocycles. The number of hydrogen-bond donors (Lipinski definition) is 2. The highest BCUT2D eigenvalue weighted by molar-refractivity contribution is 6.30. The van der Waals surface area contributed by atoms with Crippen LogP contribution in [-0.2, 0) is 16.6 Å². The fourth-order valence-corrected chi connectivity index (χ4v) is 4.35. The zero-order valence-corrected chi connectivity index (χ0v) is 19.3. The van der Waals surface area contributed by atoms with Crippen molar-refractivity contribution in [1.82, 2.24) is 29.5 Å². The molecule has 4 heterocycles. The van der Waals surface area contributed by atoms with Gasteiger partial charge in [-0.05, 0) is 37.5 Å². The second-order valence-electron chi connectivity index (χ2n) is 8.43. The van der Waals surface area contributed by atoms with Crippen molar-refractivity contribution < 1.29 is 22.4 Å². The van der Waals surface area contributed by atoms with Gasteiger partial charge in [0.1, 0.15) is 34.9 Å². The van der Waals surface area contributed by atoms with Crippen LogP contribution >= 0.6 is 11.6 Å². The number of nitrogens with two attached hydrogens (primary N) is 1. The quantitative estimate of drug-likeness (QED) is 0.380. The number of aromatic nitrogens is 6. The number of carbonyl (C=O) groups excluding carboxylic acids is 1. The number of hydrogen-bond acceptors (Lipinski definition) is 7. The van der Waals surface area contributed by atoms with Gasteiger partial charge in [-0.2, -0.15) is 18.3 Å². The smallest absolute Gasteiger partial charge is 0.383 e. The third-order valence-electron chi connectivity index (χ3n) is 6.05. The molecule has 0 bridgehead atoms. The van der Waals surface area contributed by atoms with Crippen LogP contribution in [0.25, 0.3) is 17.2 Å². The number of anilines is 2. The molecule has 1 amide bonds. The van der Waals surface area contributed by atoms with E-state index in [1.807, 2.05) is 0 Å². The summed E-state index contributed by atoms with van der Waals surface area (Å²) in [6, 6.07) is 4.00. The van der Waals surface area contributed by atoms with Gasteiger partial charge in [0.2, 0.25) is 5.91 Å². The van der Waals surface area contributed by atoms with Crippen molar-refractivity contribution in [2.45, 2.75) is 37.8 Å². The first-order chi connectivity index (χ1) is 17.0. The Morgan fingerprint density at radius 1 is 1.22 bits per heavy atom. The van der Waals surface area contributed by atoms with E-state index in [4.69, 9.17) is 17.3 Å². The Morgan fingerprint density at radius 3 is 2.72 bits per heavy atom. The number of halogens is 5. The fraction of sp³-hybridized carbons (Fsp3) is 0.273. The van der Waals surface area contributed by atoms with Gasteiger partial charge in [0.15, 0.2) is 11.5 Å². The molecule has 9 nitrogen and oxygen atoms in total. The number of benzene rings is 1. The van der Waals surface area contributed by atoms with Crippen molar-refractivity contribution in [1.29, 1.82) is 0 Å². The Kier molecular flexibility index (Phi) is 5.54. The van der Waals surface area contributed by atoms with Crippen LogP contribution in [0.4, 0.5) is 29.2 Å². The minimum atomic E-state index is -4.29. The van der Waals surface area contributed by atoms with E-state index in [0.717, 1.165) is 6.07 Å². The van der Waals surface area contributed by atoms with Crippen molar-refractivity contribution in [3.63, 3.8) is 0 Å². The second kappa shape index (κ2) is 8.36. The molecule has 0 fully saturated rings. The van der Waals surface area contributed by atoms with Crippen LogP contribution in [0.15, 0.2) is 30.7 Å². The molecule has 186 valence electrons. The molecular formula is C22H17ClF4N8O. The van der Waals surface area contributed by atoms with Crippen molar-refractivity contribution in [2.24, 2.45) is 0 Å². The number of nitrogens with one attached hydrogen (secondary N) is 1. The Balaban J connectivity index is 1.57. The third-order valence-corrected chi connectivity index (χ3v) is 6.36. The van der Waals surface area contributed by atoms with Crippen LogP contribution in [0.3, 0.4) is 0 Å². The highest BCUT2D eigenvalue weighted by Crippen LogP contribution is 2.45. The first-order valence-corrected chi connectivity index (χ1v) is 11.1. The molecule has 36 heavy (non-hydrogen) atoms. The van der Waals surface area contributed by atoms with Gasteiger partial charge in [-0.25, -0.2) is 28.8 Å². The number of nitrogen functional groups attached to an aromatic ring is 1. The normalized spacial score (nSPS) is 17.4. The molecule has 0 spiro atoms. The highest BCUT2D eigenvalue weighted by atomic mass is 35.5. The minimum absolute atomic E-state index is 0.00704. The van der Waals surface area contributed by atoms with Crippen molar-refractivity contribution in [3.8, 4) is 11.5 Å². The summed E-state index contributed by atoms with van der Waals surface area (Å²) in [6.07, 6.45) is -2.76. The molecule has 3 N–H and O–H groups in total. The largest absolute Gasteiger partial charge is 0.389 e. The summed E-state index contributed by atoms with van der Waals surface area (Å²) in [5.41, 5.74) is 6.18. The minimum Gasteiger partial charge on any atom is -0.383 e.